The smallest absolute Gasteiger partial charge is 0.326 e. The zero-order valence-electron chi connectivity index (χ0n) is 23.4. The van der Waals surface area contributed by atoms with Crippen LogP contribution in [0.25, 0.3) is 10.9 Å². The first-order chi connectivity index (χ1) is 18.8. The third-order valence-electron chi connectivity index (χ3n) is 6.85. The predicted molar refractivity (Wildman–Crippen MR) is 149 cm³/mol. The van der Waals surface area contributed by atoms with E-state index >= 15 is 0 Å². The van der Waals surface area contributed by atoms with E-state index in [1.165, 1.54) is 0 Å². The molecule has 0 saturated carbocycles. The van der Waals surface area contributed by atoms with Crippen molar-refractivity contribution in [2.75, 3.05) is 0 Å². The number of carbonyl (C=O) groups is 5. The number of carboxylic acid groups (broad SMARTS) is 2. The Balaban J connectivity index is 2.31. The number of fused-ring (bicyclic) bond motifs is 1. The third-order valence-corrected chi connectivity index (χ3v) is 6.85. The number of nitrogens with one attached hydrogen (secondary N) is 4. The van der Waals surface area contributed by atoms with Gasteiger partial charge in [-0.25, -0.2) is 4.79 Å². The lowest BCUT2D eigenvalue weighted by Gasteiger charge is -2.28. The molecule has 0 aliphatic carbocycles. The van der Waals surface area contributed by atoms with Gasteiger partial charge in [0.1, 0.15) is 18.1 Å². The SMILES string of the molecule is CCC(C)C(NC(=O)C(Cc1c[nH]c2ccccc12)NC(=O)C(N)CCC(=O)O)C(=O)NC(CC(C)C)C(=O)O. The van der Waals surface area contributed by atoms with E-state index in [0.717, 1.165) is 16.5 Å². The minimum absolute atomic E-state index is 0.0131. The maximum absolute atomic E-state index is 13.6. The minimum atomic E-state index is -1.17. The number of para-hydroxylation sites is 1. The van der Waals surface area contributed by atoms with Crippen molar-refractivity contribution in [1.29, 1.82) is 0 Å². The maximum Gasteiger partial charge on any atom is 0.326 e. The highest BCUT2D eigenvalue weighted by Gasteiger charge is 2.33. The summed E-state index contributed by atoms with van der Waals surface area (Å²) in [6.07, 6.45) is 2.09. The number of hydrogen-bond acceptors (Lipinski definition) is 6. The van der Waals surface area contributed by atoms with Crippen LogP contribution in [0.3, 0.4) is 0 Å². The van der Waals surface area contributed by atoms with Crippen molar-refractivity contribution in [2.24, 2.45) is 17.6 Å². The van der Waals surface area contributed by atoms with Gasteiger partial charge in [-0.05, 0) is 36.3 Å². The van der Waals surface area contributed by atoms with Crippen LogP contribution in [0, 0.1) is 11.8 Å². The van der Waals surface area contributed by atoms with Crippen molar-refractivity contribution < 1.29 is 34.2 Å². The summed E-state index contributed by atoms with van der Waals surface area (Å²) >= 11 is 0. The number of carbonyl (C=O) groups excluding carboxylic acids is 3. The lowest BCUT2D eigenvalue weighted by Crippen LogP contribution is -2.59. The van der Waals surface area contributed by atoms with E-state index in [2.05, 4.69) is 20.9 Å². The molecule has 12 heteroatoms. The monoisotopic (exact) mass is 559 g/mol. The van der Waals surface area contributed by atoms with E-state index in [0.29, 0.717) is 6.42 Å². The van der Waals surface area contributed by atoms with Gasteiger partial charge in [-0.1, -0.05) is 52.3 Å². The van der Waals surface area contributed by atoms with Crippen molar-refractivity contribution in [2.45, 2.75) is 84.0 Å². The molecule has 1 heterocycles. The molecule has 220 valence electrons. The molecule has 0 radical (unpaired) electrons. The van der Waals surface area contributed by atoms with Gasteiger partial charge in [-0.2, -0.15) is 0 Å². The molecule has 2 aromatic rings. The van der Waals surface area contributed by atoms with Crippen LogP contribution in [0.1, 0.15) is 58.9 Å². The zero-order chi connectivity index (χ0) is 30.0. The van der Waals surface area contributed by atoms with Gasteiger partial charge in [0.25, 0.3) is 0 Å². The van der Waals surface area contributed by atoms with Crippen LogP contribution in [0.2, 0.25) is 0 Å². The summed E-state index contributed by atoms with van der Waals surface area (Å²) in [5.41, 5.74) is 7.46. The first kappa shape index (κ1) is 32.3. The molecule has 8 N–H and O–H groups in total. The number of carboxylic acids is 2. The Labute approximate surface area is 233 Å². The summed E-state index contributed by atoms with van der Waals surface area (Å²) in [6.45, 7) is 7.29. The highest BCUT2D eigenvalue weighted by atomic mass is 16.4. The van der Waals surface area contributed by atoms with E-state index in [9.17, 15) is 29.1 Å². The number of nitrogens with two attached hydrogens (primary N) is 1. The Morgan fingerprint density at radius 1 is 0.925 bits per heavy atom. The minimum Gasteiger partial charge on any atom is -0.481 e. The fraction of sp³-hybridized carbons (Fsp3) is 0.536. The topological polar surface area (TPSA) is 204 Å². The lowest BCUT2D eigenvalue weighted by atomic mass is 9.96. The largest absolute Gasteiger partial charge is 0.481 e. The van der Waals surface area contributed by atoms with E-state index in [4.69, 9.17) is 10.8 Å². The van der Waals surface area contributed by atoms with Crippen LogP contribution >= 0.6 is 0 Å². The predicted octanol–water partition coefficient (Wildman–Crippen LogP) is 1.53. The highest BCUT2D eigenvalue weighted by Crippen LogP contribution is 2.20. The van der Waals surface area contributed by atoms with Crippen LogP contribution in [0.15, 0.2) is 30.5 Å². The number of aromatic nitrogens is 1. The fourth-order valence-corrected chi connectivity index (χ4v) is 4.33. The van der Waals surface area contributed by atoms with Gasteiger partial charge >= 0.3 is 11.9 Å². The highest BCUT2D eigenvalue weighted by molar-refractivity contribution is 5.95. The van der Waals surface area contributed by atoms with Crippen molar-refractivity contribution in [3.63, 3.8) is 0 Å². The number of rotatable bonds is 16. The van der Waals surface area contributed by atoms with Crippen molar-refractivity contribution in [3.8, 4) is 0 Å². The molecule has 0 spiro atoms. The summed E-state index contributed by atoms with van der Waals surface area (Å²) in [7, 11) is 0. The molecule has 0 aliphatic heterocycles. The number of aliphatic carboxylic acids is 2. The van der Waals surface area contributed by atoms with Gasteiger partial charge in [0.2, 0.25) is 17.7 Å². The van der Waals surface area contributed by atoms with Crippen molar-refractivity contribution in [3.05, 3.63) is 36.0 Å². The second-order valence-corrected chi connectivity index (χ2v) is 10.6. The molecule has 5 unspecified atom stereocenters. The summed E-state index contributed by atoms with van der Waals surface area (Å²) in [5, 5.41) is 27.2. The molecule has 5 atom stereocenters. The molecular formula is C28H41N5O7. The number of hydrogen-bond donors (Lipinski definition) is 7. The molecule has 0 aliphatic rings. The van der Waals surface area contributed by atoms with Crippen LogP contribution in [0.5, 0.6) is 0 Å². The van der Waals surface area contributed by atoms with Crippen LogP contribution in [-0.2, 0) is 30.4 Å². The molecule has 0 fully saturated rings. The first-order valence-electron chi connectivity index (χ1n) is 13.5. The summed E-state index contributed by atoms with van der Waals surface area (Å²) in [6, 6.07) is 2.95. The molecule has 1 aromatic heterocycles. The van der Waals surface area contributed by atoms with E-state index in [-0.39, 0.29) is 37.5 Å². The molecular weight excluding hydrogens is 518 g/mol. The Hall–Kier alpha value is -3.93. The van der Waals surface area contributed by atoms with Crippen LogP contribution < -0.4 is 21.7 Å². The summed E-state index contributed by atoms with van der Waals surface area (Å²) < 4.78 is 0. The molecule has 3 amide bonds. The Bertz CT molecular complexity index is 1190. The second-order valence-electron chi connectivity index (χ2n) is 10.6. The average molecular weight is 560 g/mol. The molecule has 40 heavy (non-hydrogen) atoms. The van der Waals surface area contributed by atoms with Gasteiger partial charge in [0.15, 0.2) is 0 Å². The standard InChI is InChI=1S/C28H41N5O7/c1-5-16(4)24(27(38)32-22(28(39)40)12-15(2)3)33-26(37)21(31-25(36)19(29)10-11-23(34)35)13-17-14-30-20-9-7-6-8-18(17)20/h6-9,14-16,19,21-22,24,30H,5,10-13,29H2,1-4H3,(H,31,36)(H,32,38)(H,33,37)(H,34,35)(H,39,40). The van der Waals surface area contributed by atoms with Gasteiger partial charge in [-0.3, -0.25) is 19.2 Å². The molecule has 12 nitrogen and oxygen atoms in total. The number of aromatic amines is 1. The fourth-order valence-electron chi connectivity index (χ4n) is 4.33. The summed E-state index contributed by atoms with van der Waals surface area (Å²) in [5.74, 6) is -4.59. The number of H-pyrrole nitrogens is 1. The Kier molecular flexibility index (Phi) is 12.1. The van der Waals surface area contributed by atoms with Gasteiger partial charge in [0, 0.05) is 29.9 Å². The maximum atomic E-state index is 13.6. The normalized spacial score (nSPS) is 15.1. The summed E-state index contributed by atoms with van der Waals surface area (Å²) in [4.78, 5) is 65.4. The van der Waals surface area contributed by atoms with Gasteiger partial charge in [-0.15, -0.1) is 0 Å². The lowest BCUT2D eigenvalue weighted by molar-refractivity contribution is -0.143. The quantitative estimate of drug-likeness (QED) is 0.160. The number of benzene rings is 1. The molecule has 0 saturated heterocycles. The van der Waals surface area contributed by atoms with Crippen molar-refractivity contribution in [1.82, 2.24) is 20.9 Å². The average Bonchev–Trinajstić information content (AvgIpc) is 3.31. The third kappa shape index (κ3) is 9.37. The Morgan fingerprint density at radius 2 is 1.57 bits per heavy atom. The Morgan fingerprint density at radius 3 is 2.17 bits per heavy atom. The van der Waals surface area contributed by atoms with Gasteiger partial charge < -0.3 is 36.9 Å². The molecule has 1 aromatic carbocycles. The zero-order valence-corrected chi connectivity index (χ0v) is 23.4. The second kappa shape index (κ2) is 15.0. The van der Waals surface area contributed by atoms with Crippen molar-refractivity contribution >= 4 is 40.6 Å². The van der Waals surface area contributed by atoms with Crippen LogP contribution in [-0.4, -0.2) is 69.0 Å². The van der Waals surface area contributed by atoms with E-state index in [1.807, 2.05) is 45.0 Å². The number of amides is 3. The van der Waals surface area contributed by atoms with E-state index < -0.39 is 53.8 Å². The molecule has 2 rings (SSSR count). The first-order valence-corrected chi connectivity index (χ1v) is 13.5. The molecule has 0 bridgehead atoms. The van der Waals surface area contributed by atoms with Crippen LogP contribution in [0.4, 0.5) is 0 Å². The van der Waals surface area contributed by atoms with E-state index in [1.54, 1.807) is 13.1 Å². The van der Waals surface area contributed by atoms with Gasteiger partial charge in [0.05, 0.1) is 6.04 Å².